The molecule has 20 heavy (non-hydrogen) atoms. The second-order valence-electron chi connectivity index (χ2n) is 5.16. The average molecular weight is 306 g/mol. The maximum absolute atomic E-state index is 11.9. The van der Waals surface area contributed by atoms with E-state index in [1.807, 2.05) is 28.2 Å². The minimum absolute atomic E-state index is 0.0336. The Morgan fingerprint density at radius 3 is 3.15 bits per heavy atom. The van der Waals surface area contributed by atoms with Crippen molar-refractivity contribution in [3.8, 4) is 0 Å². The third kappa shape index (κ3) is 2.95. The molecule has 3 heterocycles. The van der Waals surface area contributed by atoms with Gasteiger partial charge in [0.15, 0.2) is 0 Å². The fourth-order valence-electron chi connectivity index (χ4n) is 2.51. The molecule has 0 aliphatic carbocycles. The standard InChI is InChI=1S/C15H18N2OS2/c1-11(8-16-15(18)13-3-6-19-10-13)17-5-2-14-12(9-17)4-7-20-14/h3-4,6-7,10-11H,2,5,8-9H2,1H3,(H,16,18). The van der Waals surface area contributed by atoms with Crippen LogP contribution in [-0.2, 0) is 13.0 Å². The summed E-state index contributed by atoms with van der Waals surface area (Å²) in [4.78, 5) is 15.9. The Balaban J connectivity index is 1.53. The number of rotatable bonds is 4. The van der Waals surface area contributed by atoms with E-state index < -0.39 is 0 Å². The topological polar surface area (TPSA) is 32.3 Å². The zero-order valence-electron chi connectivity index (χ0n) is 11.5. The monoisotopic (exact) mass is 306 g/mol. The van der Waals surface area contributed by atoms with Crippen molar-refractivity contribution in [1.82, 2.24) is 10.2 Å². The van der Waals surface area contributed by atoms with E-state index in [0.29, 0.717) is 12.6 Å². The van der Waals surface area contributed by atoms with Crippen molar-refractivity contribution in [2.75, 3.05) is 13.1 Å². The van der Waals surface area contributed by atoms with Gasteiger partial charge in [0.25, 0.3) is 5.91 Å². The van der Waals surface area contributed by atoms with Crippen LogP contribution >= 0.6 is 22.7 Å². The molecule has 0 bridgehead atoms. The van der Waals surface area contributed by atoms with Crippen molar-refractivity contribution >= 4 is 28.6 Å². The van der Waals surface area contributed by atoms with Crippen molar-refractivity contribution in [2.24, 2.45) is 0 Å². The van der Waals surface area contributed by atoms with Gasteiger partial charge in [0.05, 0.1) is 0 Å². The number of nitrogens with zero attached hydrogens (tertiary/aromatic N) is 1. The zero-order valence-corrected chi connectivity index (χ0v) is 13.1. The predicted molar refractivity (Wildman–Crippen MR) is 84.5 cm³/mol. The molecule has 2 aromatic heterocycles. The Kier molecular flexibility index (Phi) is 4.19. The zero-order chi connectivity index (χ0) is 13.9. The van der Waals surface area contributed by atoms with Crippen molar-refractivity contribution in [3.05, 3.63) is 44.3 Å². The fourth-order valence-corrected chi connectivity index (χ4v) is 4.04. The largest absolute Gasteiger partial charge is 0.350 e. The van der Waals surface area contributed by atoms with E-state index in [9.17, 15) is 4.79 Å². The number of thiophene rings is 2. The molecule has 1 unspecified atom stereocenters. The molecule has 0 spiro atoms. The number of carbonyl (C=O) groups excluding carboxylic acids is 1. The molecule has 5 heteroatoms. The number of nitrogens with one attached hydrogen (secondary N) is 1. The molecule has 1 atom stereocenters. The Morgan fingerprint density at radius 1 is 1.45 bits per heavy atom. The lowest BCUT2D eigenvalue weighted by Crippen LogP contribution is -2.44. The van der Waals surface area contributed by atoms with Gasteiger partial charge in [-0.25, -0.2) is 0 Å². The van der Waals surface area contributed by atoms with E-state index in [2.05, 4.69) is 28.6 Å². The Morgan fingerprint density at radius 2 is 2.35 bits per heavy atom. The summed E-state index contributed by atoms with van der Waals surface area (Å²) in [7, 11) is 0. The lowest BCUT2D eigenvalue weighted by atomic mass is 10.1. The summed E-state index contributed by atoms with van der Waals surface area (Å²) < 4.78 is 0. The second-order valence-corrected chi connectivity index (χ2v) is 6.94. The molecule has 0 saturated carbocycles. The van der Waals surface area contributed by atoms with Crippen molar-refractivity contribution in [1.29, 1.82) is 0 Å². The van der Waals surface area contributed by atoms with Gasteiger partial charge in [-0.3, -0.25) is 9.69 Å². The molecule has 0 fully saturated rings. The first kappa shape index (κ1) is 13.8. The van der Waals surface area contributed by atoms with Crippen LogP contribution in [0.3, 0.4) is 0 Å². The highest BCUT2D eigenvalue weighted by molar-refractivity contribution is 7.10. The van der Waals surface area contributed by atoms with E-state index in [0.717, 1.165) is 25.1 Å². The summed E-state index contributed by atoms with van der Waals surface area (Å²) in [5.41, 5.74) is 2.22. The molecule has 2 aromatic rings. The first-order valence-corrected chi connectivity index (χ1v) is 8.66. The Labute approximate surface area is 127 Å². The summed E-state index contributed by atoms with van der Waals surface area (Å²) in [6.07, 6.45) is 1.13. The molecule has 1 aliphatic rings. The van der Waals surface area contributed by atoms with Gasteiger partial charge < -0.3 is 5.32 Å². The van der Waals surface area contributed by atoms with Crippen LogP contribution in [0.1, 0.15) is 27.7 Å². The number of fused-ring (bicyclic) bond motifs is 1. The normalized spacial score (nSPS) is 16.6. The number of hydrogen-bond donors (Lipinski definition) is 1. The lowest BCUT2D eigenvalue weighted by Gasteiger charge is -2.32. The molecule has 1 N–H and O–H groups in total. The van der Waals surface area contributed by atoms with Gasteiger partial charge in [-0.2, -0.15) is 11.3 Å². The molecule has 106 valence electrons. The highest BCUT2D eigenvalue weighted by atomic mass is 32.1. The molecule has 1 aliphatic heterocycles. The lowest BCUT2D eigenvalue weighted by molar-refractivity contribution is 0.0933. The number of hydrogen-bond acceptors (Lipinski definition) is 4. The second kappa shape index (κ2) is 6.08. The third-order valence-corrected chi connectivity index (χ3v) is 5.51. The van der Waals surface area contributed by atoms with E-state index in [1.165, 1.54) is 10.4 Å². The summed E-state index contributed by atoms with van der Waals surface area (Å²) in [6.45, 7) is 4.98. The van der Waals surface area contributed by atoms with E-state index >= 15 is 0 Å². The van der Waals surface area contributed by atoms with E-state index in [1.54, 1.807) is 11.3 Å². The molecule has 1 amide bonds. The van der Waals surface area contributed by atoms with Gasteiger partial charge in [-0.15, -0.1) is 11.3 Å². The summed E-state index contributed by atoms with van der Waals surface area (Å²) in [5, 5.41) is 9.03. The van der Waals surface area contributed by atoms with Crippen LogP contribution in [0.5, 0.6) is 0 Å². The molecular formula is C15H18N2OS2. The van der Waals surface area contributed by atoms with Crippen LogP contribution < -0.4 is 5.32 Å². The van der Waals surface area contributed by atoms with Gasteiger partial charge in [0.1, 0.15) is 0 Å². The minimum Gasteiger partial charge on any atom is -0.350 e. The summed E-state index contributed by atoms with van der Waals surface area (Å²) >= 11 is 3.41. The molecule has 3 rings (SSSR count). The van der Waals surface area contributed by atoms with Gasteiger partial charge in [-0.1, -0.05) is 0 Å². The summed E-state index contributed by atoms with van der Waals surface area (Å²) in [6, 6.07) is 4.46. The first-order chi connectivity index (χ1) is 9.74. The Hall–Kier alpha value is -1.17. The highest BCUT2D eigenvalue weighted by Crippen LogP contribution is 2.24. The van der Waals surface area contributed by atoms with Crippen molar-refractivity contribution < 1.29 is 4.79 Å². The third-order valence-electron chi connectivity index (χ3n) is 3.80. The first-order valence-electron chi connectivity index (χ1n) is 6.83. The summed E-state index contributed by atoms with van der Waals surface area (Å²) in [5.74, 6) is 0.0336. The van der Waals surface area contributed by atoms with Crippen LogP contribution in [0, 0.1) is 0 Å². The molecule has 0 aromatic carbocycles. The van der Waals surface area contributed by atoms with Crippen molar-refractivity contribution in [3.63, 3.8) is 0 Å². The van der Waals surface area contributed by atoms with Crippen LogP contribution in [0.15, 0.2) is 28.3 Å². The van der Waals surface area contributed by atoms with Crippen LogP contribution in [0.25, 0.3) is 0 Å². The maximum Gasteiger partial charge on any atom is 0.252 e. The molecule has 3 nitrogen and oxygen atoms in total. The average Bonchev–Trinajstić information content (AvgIpc) is 3.13. The van der Waals surface area contributed by atoms with Crippen LogP contribution in [0.4, 0.5) is 0 Å². The van der Waals surface area contributed by atoms with Gasteiger partial charge in [-0.05, 0) is 41.8 Å². The smallest absolute Gasteiger partial charge is 0.252 e. The number of amides is 1. The fraction of sp³-hybridized carbons (Fsp3) is 0.400. The van der Waals surface area contributed by atoms with Gasteiger partial charge >= 0.3 is 0 Å². The molecule has 0 radical (unpaired) electrons. The quantitative estimate of drug-likeness (QED) is 0.942. The minimum atomic E-state index is 0.0336. The number of carbonyl (C=O) groups is 1. The molecule has 0 saturated heterocycles. The molecular weight excluding hydrogens is 288 g/mol. The maximum atomic E-state index is 11.9. The van der Waals surface area contributed by atoms with Crippen LogP contribution in [-0.4, -0.2) is 29.9 Å². The highest BCUT2D eigenvalue weighted by Gasteiger charge is 2.21. The van der Waals surface area contributed by atoms with E-state index in [-0.39, 0.29) is 5.91 Å². The Bertz CT molecular complexity index is 576. The SMILES string of the molecule is CC(CNC(=O)c1ccsc1)N1CCc2sccc2C1. The van der Waals surface area contributed by atoms with Gasteiger partial charge in [0.2, 0.25) is 0 Å². The van der Waals surface area contributed by atoms with E-state index in [4.69, 9.17) is 0 Å². The van der Waals surface area contributed by atoms with Crippen LogP contribution in [0.2, 0.25) is 0 Å². The predicted octanol–water partition coefficient (Wildman–Crippen LogP) is 2.99. The van der Waals surface area contributed by atoms with Crippen molar-refractivity contribution in [2.45, 2.75) is 25.9 Å². The van der Waals surface area contributed by atoms with Gasteiger partial charge in [0, 0.05) is 41.5 Å².